The number of halogens is 1. The highest BCUT2D eigenvalue weighted by Crippen LogP contribution is 2.27. The number of carbonyl (C=O) groups excluding carboxylic acids is 2. The molecule has 1 amide bonds. The minimum Gasteiger partial charge on any atom is -0.379 e. The zero-order valence-corrected chi connectivity index (χ0v) is 15.6. The molecular formula is C18H15ClN6O4. The van der Waals surface area contributed by atoms with Crippen LogP contribution in [0.3, 0.4) is 0 Å². The lowest BCUT2D eigenvalue weighted by Crippen LogP contribution is -2.12. The zero-order valence-electron chi connectivity index (χ0n) is 14.8. The van der Waals surface area contributed by atoms with E-state index < -0.39 is 0 Å². The van der Waals surface area contributed by atoms with Crippen molar-refractivity contribution in [3.8, 4) is 11.5 Å². The highest BCUT2D eigenvalue weighted by molar-refractivity contribution is 6.30. The summed E-state index contributed by atoms with van der Waals surface area (Å²) in [7, 11) is 0. The normalized spacial score (nSPS) is 10.3. The summed E-state index contributed by atoms with van der Waals surface area (Å²) in [5.74, 6) is 0.467. The number of aromatic nitrogens is 4. The number of anilines is 1. The van der Waals surface area contributed by atoms with Gasteiger partial charge < -0.3 is 10.3 Å². The molecule has 0 aliphatic heterocycles. The van der Waals surface area contributed by atoms with Gasteiger partial charge in [0.2, 0.25) is 6.41 Å². The summed E-state index contributed by atoms with van der Waals surface area (Å²) < 4.78 is 6.43. The predicted molar refractivity (Wildman–Crippen MR) is 104 cm³/mol. The van der Waals surface area contributed by atoms with Gasteiger partial charge in [-0.05, 0) is 46.7 Å². The monoisotopic (exact) mass is 414 g/mol. The molecular weight excluding hydrogens is 400 g/mol. The Hall–Kier alpha value is -3.76. The molecule has 0 atom stereocenters. The molecule has 0 aliphatic rings. The van der Waals surface area contributed by atoms with Crippen LogP contribution in [0.5, 0.6) is 0 Å². The van der Waals surface area contributed by atoms with Crippen LogP contribution in [0.15, 0.2) is 53.2 Å². The van der Waals surface area contributed by atoms with E-state index in [1.54, 1.807) is 28.8 Å². The van der Waals surface area contributed by atoms with Crippen LogP contribution in [0.4, 0.5) is 5.82 Å². The van der Waals surface area contributed by atoms with Crippen molar-refractivity contribution >= 4 is 40.6 Å². The molecule has 2 heterocycles. The molecule has 4 aromatic rings. The van der Waals surface area contributed by atoms with Gasteiger partial charge in [0, 0.05) is 10.6 Å². The fourth-order valence-corrected chi connectivity index (χ4v) is 2.76. The molecule has 0 aliphatic carbocycles. The molecule has 10 nitrogen and oxygen atoms in total. The van der Waals surface area contributed by atoms with Gasteiger partial charge in [-0.1, -0.05) is 23.7 Å². The quantitative estimate of drug-likeness (QED) is 0.195. The average Bonchev–Trinajstić information content (AvgIpc) is 3.32. The fraction of sp³-hybridized carbons (Fsp3) is 0.0556. The molecule has 4 N–H and O–H groups in total. The molecule has 0 radical (unpaired) electrons. The first-order valence-corrected chi connectivity index (χ1v) is 8.58. The zero-order chi connectivity index (χ0) is 20.8. The topological polar surface area (TPSA) is 149 Å². The number of rotatable bonds is 5. The summed E-state index contributed by atoms with van der Waals surface area (Å²) in [4.78, 5) is 26.0. The van der Waals surface area contributed by atoms with Gasteiger partial charge in [-0.25, -0.2) is 15.1 Å². The van der Waals surface area contributed by atoms with Gasteiger partial charge in [0.25, 0.3) is 0 Å². The molecule has 2 aromatic heterocycles. The average molecular weight is 415 g/mol. The van der Waals surface area contributed by atoms with Crippen LogP contribution >= 0.6 is 11.6 Å². The second kappa shape index (κ2) is 8.95. The van der Waals surface area contributed by atoms with Crippen molar-refractivity contribution in [2.45, 2.75) is 6.54 Å². The molecule has 29 heavy (non-hydrogen) atoms. The third-order valence-corrected chi connectivity index (χ3v) is 4.15. The molecule has 0 fully saturated rings. The number of nitrogens with zero attached hydrogens (tertiary/aromatic N) is 4. The number of nitrogens with one attached hydrogen (secondary N) is 1. The van der Waals surface area contributed by atoms with E-state index in [1.165, 1.54) is 5.48 Å². The van der Waals surface area contributed by atoms with Gasteiger partial charge in [0.05, 0.1) is 17.6 Å². The van der Waals surface area contributed by atoms with Gasteiger partial charge in [-0.15, -0.1) is 0 Å². The minimum absolute atomic E-state index is 0.0732. The molecule has 11 heteroatoms. The van der Waals surface area contributed by atoms with E-state index in [9.17, 15) is 4.79 Å². The number of hydroxylamine groups is 1. The number of para-hydroxylation sites is 2. The fourth-order valence-electron chi connectivity index (χ4n) is 2.64. The number of fused-ring (bicyclic) bond motifs is 1. The Bertz CT molecular complexity index is 1140. The molecule has 0 spiro atoms. The van der Waals surface area contributed by atoms with Crippen molar-refractivity contribution in [3.63, 3.8) is 0 Å². The number of nitrogen functional groups attached to an aromatic ring is 1. The number of carbonyl (C=O) groups is 2. The number of nitrogens with two attached hydrogens (primary N) is 1. The Labute approximate surface area is 168 Å². The van der Waals surface area contributed by atoms with Crippen LogP contribution in [0.25, 0.3) is 22.6 Å². The highest BCUT2D eigenvalue weighted by atomic mass is 35.5. The summed E-state index contributed by atoms with van der Waals surface area (Å²) in [6, 6.07) is 14.2. The Balaban J connectivity index is 0.000000552. The maximum absolute atomic E-state index is 12.7. The van der Waals surface area contributed by atoms with Crippen molar-refractivity contribution in [1.82, 2.24) is 25.3 Å². The predicted octanol–water partition coefficient (Wildman–Crippen LogP) is 2.33. The van der Waals surface area contributed by atoms with E-state index in [0.29, 0.717) is 22.1 Å². The van der Waals surface area contributed by atoms with E-state index in [1.807, 2.05) is 24.3 Å². The number of benzene rings is 2. The van der Waals surface area contributed by atoms with Crippen LogP contribution in [-0.4, -0.2) is 37.3 Å². The smallest absolute Gasteiger partial charge is 0.230 e. The van der Waals surface area contributed by atoms with E-state index in [0.717, 1.165) is 11.0 Å². The summed E-state index contributed by atoms with van der Waals surface area (Å²) in [6.45, 7) is 0.0732. The summed E-state index contributed by atoms with van der Waals surface area (Å²) >= 11 is 5.88. The van der Waals surface area contributed by atoms with Crippen LogP contribution in [0.1, 0.15) is 10.4 Å². The van der Waals surface area contributed by atoms with Crippen LogP contribution in [0, 0.1) is 0 Å². The SMILES string of the molecule is Nc1nonc1-c1nc2ccccc2n1CC(=O)c1ccc(Cl)cc1.O=CNO. The largest absolute Gasteiger partial charge is 0.379 e. The Kier molecular flexibility index (Phi) is 6.17. The molecule has 0 unspecified atom stereocenters. The number of amides is 1. The Morgan fingerprint density at radius 2 is 1.90 bits per heavy atom. The Morgan fingerprint density at radius 3 is 2.52 bits per heavy atom. The first-order chi connectivity index (χ1) is 14.0. The lowest BCUT2D eigenvalue weighted by atomic mass is 10.1. The third kappa shape index (κ3) is 4.39. The lowest BCUT2D eigenvalue weighted by Gasteiger charge is -2.07. The van der Waals surface area contributed by atoms with Gasteiger partial charge in [-0.3, -0.25) is 14.8 Å². The highest BCUT2D eigenvalue weighted by Gasteiger charge is 2.21. The van der Waals surface area contributed by atoms with E-state index in [-0.39, 0.29) is 24.6 Å². The van der Waals surface area contributed by atoms with Crippen molar-refractivity contribution < 1.29 is 19.4 Å². The van der Waals surface area contributed by atoms with Crippen molar-refractivity contribution in [2.24, 2.45) is 0 Å². The van der Waals surface area contributed by atoms with Crippen molar-refractivity contribution in [1.29, 1.82) is 0 Å². The van der Waals surface area contributed by atoms with Gasteiger partial charge in [0.1, 0.15) is 0 Å². The lowest BCUT2D eigenvalue weighted by molar-refractivity contribution is -0.116. The molecule has 4 rings (SSSR count). The minimum atomic E-state index is -0.0869. The maximum Gasteiger partial charge on any atom is 0.230 e. The van der Waals surface area contributed by atoms with E-state index in [2.05, 4.69) is 19.9 Å². The van der Waals surface area contributed by atoms with E-state index in [4.69, 9.17) is 27.3 Å². The van der Waals surface area contributed by atoms with Crippen molar-refractivity contribution in [2.75, 3.05) is 5.73 Å². The summed E-state index contributed by atoms with van der Waals surface area (Å²) in [6.07, 6.45) is 0.181. The third-order valence-electron chi connectivity index (χ3n) is 3.90. The van der Waals surface area contributed by atoms with Gasteiger partial charge >= 0.3 is 0 Å². The van der Waals surface area contributed by atoms with Crippen LogP contribution in [0.2, 0.25) is 5.02 Å². The number of ketones is 1. The maximum atomic E-state index is 12.7. The Morgan fingerprint density at radius 1 is 1.21 bits per heavy atom. The number of imidazole rings is 1. The van der Waals surface area contributed by atoms with Gasteiger partial charge in [0.15, 0.2) is 23.1 Å². The summed E-state index contributed by atoms with van der Waals surface area (Å²) in [5.41, 5.74) is 9.43. The van der Waals surface area contributed by atoms with Crippen LogP contribution in [-0.2, 0) is 11.3 Å². The summed E-state index contributed by atoms with van der Waals surface area (Å²) in [5, 5.41) is 15.2. The second-order valence-corrected chi connectivity index (χ2v) is 6.12. The molecule has 0 saturated carbocycles. The first-order valence-electron chi connectivity index (χ1n) is 8.21. The van der Waals surface area contributed by atoms with Crippen molar-refractivity contribution in [3.05, 3.63) is 59.1 Å². The second-order valence-electron chi connectivity index (χ2n) is 5.69. The number of hydrogen-bond donors (Lipinski definition) is 3. The standard InChI is InChI=1S/C17H12ClN5O2.CH3NO2/c18-11-7-5-10(6-8-11)14(24)9-23-13-4-2-1-3-12(13)20-17(23)15-16(19)22-25-21-15;3-1-2-4/h1-8H,9H2,(H2,19,22);1,4H,(H,2,3). The molecule has 0 saturated heterocycles. The molecule has 148 valence electrons. The molecule has 2 aromatic carbocycles. The van der Waals surface area contributed by atoms with Crippen LogP contribution < -0.4 is 11.2 Å². The van der Waals surface area contributed by atoms with Gasteiger partial charge in [-0.2, -0.15) is 0 Å². The molecule has 0 bridgehead atoms. The van der Waals surface area contributed by atoms with E-state index >= 15 is 0 Å². The first kappa shape index (κ1) is 20.0. The number of Topliss-reactive ketones (excluding diaryl/α,β-unsaturated/α-hetero) is 1. The number of hydrogen-bond acceptors (Lipinski definition) is 8.